The van der Waals surface area contributed by atoms with Crippen LogP contribution in [0.3, 0.4) is 0 Å². The van der Waals surface area contributed by atoms with Crippen molar-refractivity contribution >= 4 is 50.8 Å². The number of hydrogen-bond donors (Lipinski definition) is 2. The van der Waals surface area contributed by atoms with E-state index in [2.05, 4.69) is 12.2 Å². The summed E-state index contributed by atoms with van der Waals surface area (Å²) in [7, 11) is -4.45. The van der Waals surface area contributed by atoms with E-state index in [1.807, 2.05) is 0 Å². The average molecular weight is 460 g/mol. The van der Waals surface area contributed by atoms with Crippen molar-refractivity contribution in [2.45, 2.75) is 18.4 Å². The molecule has 0 radical (unpaired) electrons. The molecule has 2 aromatic rings. The summed E-state index contributed by atoms with van der Waals surface area (Å²) < 4.78 is 30.0. The molecule has 2 rings (SSSR count). The number of rotatable bonds is 6. The standard InChI is InChI=1S/C16H14ClN3O7S2/c1-9-2-5-14(12(17)6-9)27-29(25,26)11-4-3-10(13(7-11)20(23)24)8-19(15(18)28)16(21)22/h2-7H,8H2,1H3,(H2,18,28)(H,21,22). The lowest BCUT2D eigenvalue weighted by Crippen LogP contribution is -2.39. The van der Waals surface area contributed by atoms with Crippen LogP contribution in [0.4, 0.5) is 10.5 Å². The molecule has 0 unspecified atom stereocenters. The minimum Gasteiger partial charge on any atom is -0.465 e. The van der Waals surface area contributed by atoms with E-state index in [1.54, 1.807) is 13.0 Å². The fraction of sp³-hybridized carbons (Fsp3) is 0.125. The lowest BCUT2D eigenvalue weighted by molar-refractivity contribution is -0.385. The van der Waals surface area contributed by atoms with Crippen LogP contribution in [0.25, 0.3) is 0 Å². The topological polar surface area (TPSA) is 153 Å². The number of nitrogens with two attached hydrogens (primary N) is 1. The number of carboxylic acid groups (broad SMARTS) is 1. The van der Waals surface area contributed by atoms with Crippen LogP contribution in [-0.4, -0.2) is 34.6 Å². The molecule has 0 saturated heterocycles. The molecular weight excluding hydrogens is 446 g/mol. The second-order valence-electron chi connectivity index (χ2n) is 5.73. The Hall–Kier alpha value is -2.96. The molecule has 0 aliphatic heterocycles. The van der Waals surface area contributed by atoms with Gasteiger partial charge in [0.15, 0.2) is 10.9 Å². The van der Waals surface area contributed by atoms with Gasteiger partial charge in [-0.05, 0) is 49.0 Å². The first-order chi connectivity index (χ1) is 13.4. The van der Waals surface area contributed by atoms with Gasteiger partial charge in [0.25, 0.3) is 5.69 Å². The zero-order valence-electron chi connectivity index (χ0n) is 14.7. The molecule has 0 fully saturated rings. The second-order valence-corrected chi connectivity index (χ2v) is 8.10. The third-order valence-corrected chi connectivity index (χ3v) is 5.40. The van der Waals surface area contributed by atoms with Gasteiger partial charge in [0.05, 0.1) is 16.5 Å². The maximum Gasteiger partial charge on any atom is 0.413 e. The highest BCUT2D eigenvalue weighted by atomic mass is 35.5. The van der Waals surface area contributed by atoms with Crippen LogP contribution in [0, 0.1) is 17.0 Å². The molecule has 0 aliphatic carbocycles. The number of amides is 1. The van der Waals surface area contributed by atoms with Crippen molar-refractivity contribution in [3.63, 3.8) is 0 Å². The molecule has 29 heavy (non-hydrogen) atoms. The summed E-state index contributed by atoms with van der Waals surface area (Å²) in [5.41, 5.74) is 5.32. The number of carbonyl (C=O) groups is 1. The van der Waals surface area contributed by atoms with E-state index >= 15 is 0 Å². The van der Waals surface area contributed by atoms with Crippen LogP contribution in [0.1, 0.15) is 11.1 Å². The fourth-order valence-electron chi connectivity index (χ4n) is 2.25. The fourth-order valence-corrected chi connectivity index (χ4v) is 3.68. The predicted molar refractivity (Wildman–Crippen MR) is 107 cm³/mol. The summed E-state index contributed by atoms with van der Waals surface area (Å²) >= 11 is 10.6. The first-order valence-corrected chi connectivity index (χ1v) is 9.89. The maximum absolute atomic E-state index is 12.5. The third kappa shape index (κ3) is 5.31. The van der Waals surface area contributed by atoms with E-state index in [0.717, 1.165) is 23.8 Å². The van der Waals surface area contributed by atoms with Gasteiger partial charge >= 0.3 is 16.2 Å². The smallest absolute Gasteiger partial charge is 0.413 e. The summed E-state index contributed by atoms with van der Waals surface area (Å²) in [6.45, 7) is 1.21. The summed E-state index contributed by atoms with van der Waals surface area (Å²) in [6.07, 6.45) is -1.51. The van der Waals surface area contributed by atoms with E-state index in [9.17, 15) is 23.3 Å². The minimum atomic E-state index is -4.45. The summed E-state index contributed by atoms with van der Waals surface area (Å²) in [6, 6.07) is 7.31. The van der Waals surface area contributed by atoms with Crippen LogP contribution in [0.5, 0.6) is 5.75 Å². The van der Waals surface area contributed by atoms with Gasteiger partial charge in [0.1, 0.15) is 4.90 Å². The molecule has 154 valence electrons. The van der Waals surface area contributed by atoms with Gasteiger partial charge in [0.2, 0.25) is 0 Å². The molecule has 10 nitrogen and oxygen atoms in total. The SMILES string of the molecule is Cc1ccc(OS(=O)(=O)c2ccc(CN(C(=O)O)C(N)=S)c([N+](=O)[O-])c2)c(Cl)c1. The molecule has 0 bridgehead atoms. The van der Waals surface area contributed by atoms with Gasteiger partial charge in [-0.2, -0.15) is 8.42 Å². The Morgan fingerprint density at radius 1 is 1.34 bits per heavy atom. The summed E-state index contributed by atoms with van der Waals surface area (Å²) in [5.74, 6) is -0.144. The second kappa shape index (κ2) is 8.59. The van der Waals surface area contributed by atoms with E-state index in [-0.39, 0.29) is 16.3 Å². The van der Waals surface area contributed by atoms with Crippen LogP contribution in [-0.2, 0) is 16.7 Å². The van der Waals surface area contributed by atoms with Crippen molar-refractivity contribution < 1.29 is 27.4 Å². The van der Waals surface area contributed by atoms with Crippen LogP contribution >= 0.6 is 23.8 Å². The number of nitro groups is 1. The number of thiocarbonyl (C=S) groups is 1. The molecular formula is C16H14ClN3O7S2. The first-order valence-electron chi connectivity index (χ1n) is 7.70. The molecule has 0 saturated carbocycles. The highest BCUT2D eigenvalue weighted by Gasteiger charge is 2.26. The van der Waals surface area contributed by atoms with Gasteiger partial charge in [-0.3, -0.25) is 10.1 Å². The van der Waals surface area contributed by atoms with Crippen molar-refractivity contribution in [2.24, 2.45) is 5.73 Å². The lowest BCUT2D eigenvalue weighted by Gasteiger charge is -2.17. The Balaban J connectivity index is 2.44. The molecule has 0 aromatic heterocycles. The van der Waals surface area contributed by atoms with E-state index in [1.165, 1.54) is 12.1 Å². The number of halogens is 1. The van der Waals surface area contributed by atoms with Gasteiger partial charge < -0.3 is 15.0 Å². The van der Waals surface area contributed by atoms with Crippen molar-refractivity contribution in [3.05, 3.63) is 62.7 Å². The van der Waals surface area contributed by atoms with Crippen molar-refractivity contribution in [1.29, 1.82) is 0 Å². The molecule has 0 aliphatic rings. The number of nitro benzene ring substituents is 1. The molecule has 2 aromatic carbocycles. The first kappa shape index (κ1) is 22.3. The number of nitrogens with zero attached hydrogens (tertiary/aromatic N) is 2. The van der Waals surface area contributed by atoms with E-state index < -0.39 is 43.4 Å². The maximum atomic E-state index is 12.5. The normalized spacial score (nSPS) is 11.0. The molecule has 13 heteroatoms. The van der Waals surface area contributed by atoms with Gasteiger partial charge in [-0.1, -0.05) is 17.7 Å². The number of aryl methyl sites for hydroxylation is 1. The van der Waals surface area contributed by atoms with Crippen LogP contribution in [0.2, 0.25) is 5.02 Å². The third-order valence-electron chi connectivity index (χ3n) is 3.65. The van der Waals surface area contributed by atoms with Crippen molar-refractivity contribution in [1.82, 2.24) is 4.90 Å². The van der Waals surface area contributed by atoms with Crippen LogP contribution in [0.15, 0.2) is 41.3 Å². The number of benzene rings is 2. The summed E-state index contributed by atoms with van der Waals surface area (Å²) in [5, 5.41) is 20.0. The predicted octanol–water partition coefficient (Wildman–Crippen LogP) is 3.05. The van der Waals surface area contributed by atoms with Crippen molar-refractivity contribution in [3.8, 4) is 5.75 Å². The molecule has 3 N–H and O–H groups in total. The Kier molecular flexibility index (Phi) is 6.62. The molecule has 0 heterocycles. The van der Waals surface area contributed by atoms with E-state index in [4.69, 9.17) is 26.6 Å². The minimum absolute atomic E-state index is 0.0493. The Morgan fingerprint density at radius 3 is 2.52 bits per heavy atom. The largest absolute Gasteiger partial charge is 0.465 e. The van der Waals surface area contributed by atoms with Gasteiger partial charge in [0, 0.05) is 11.6 Å². The highest BCUT2D eigenvalue weighted by molar-refractivity contribution is 7.87. The van der Waals surface area contributed by atoms with Crippen molar-refractivity contribution in [2.75, 3.05) is 0 Å². The van der Waals surface area contributed by atoms with E-state index in [0.29, 0.717) is 4.90 Å². The van der Waals surface area contributed by atoms with Gasteiger partial charge in [-0.25, -0.2) is 9.69 Å². The monoisotopic (exact) mass is 459 g/mol. The Morgan fingerprint density at radius 2 is 2.00 bits per heavy atom. The zero-order valence-corrected chi connectivity index (χ0v) is 17.1. The molecule has 0 spiro atoms. The van der Waals surface area contributed by atoms with Crippen LogP contribution < -0.4 is 9.92 Å². The molecule has 0 atom stereocenters. The Bertz CT molecular complexity index is 1090. The quantitative estimate of drug-likeness (QED) is 0.287. The zero-order chi connectivity index (χ0) is 21.9. The number of hydrogen-bond acceptors (Lipinski definition) is 7. The molecule has 1 amide bonds. The highest BCUT2D eigenvalue weighted by Crippen LogP contribution is 2.30. The summed E-state index contributed by atoms with van der Waals surface area (Å²) in [4.78, 5) is 21.7. The average Bonchev–Trinajstić information content (AvgIpc) is 2.61. The lowest BCUT2D eigenvalue weighted by atomic mass is 10.1. The Labute approximate surface area is 175 Å². The van der Waals surface area contributed by atoms with Gasteiger partial charge in [-0.15, -0.1) is 0 Å².